The van der Waals surface area contributed by atoms with Crippen molar-refractivity contribution in [1.82, 2.24) is 0 Å². The van der Waals surface area contributed by atoms with Crippen molar-refractivity contribution in [2.24, 2.45) is 0 Å². The summed E-state index contributed by atoms with van der Waals surface area (Å²) in [5.41, 5.74) is 2.61. The maximum absolute atomic E-state index is 11.9. The van der Waals surface area contributed by atoms with Crippen molar-refractivity contribution >= 4 is 11.7 Å². The number of nitrogens with one attached hydrogen (secondary N) is 1. The van der Waals surface area contributed by atoms with Gasteiger partial charge in [-0.15, -0.1) is 0 Å². The SMILES string of the molecule is COC(=N)C1=CC=C(Cc2ccccc2)CC1=O. The van der Waals surface area contributed by atoms with Gasteiger partial charge in [0.15, 0.2) is 5.78 Å². The lowest BCUT2D eigenvalue weighted by Gasteiger charge is -2.13. The van der Waals surface area contributed by atoms with E-state index in [1.54, 1.807) is 6.08 Å². The first-order valence-corrected chi connectivity index (χ1v) is 5.80. The third-order valence-corrected chi connectivity index (χ3v) is 2.90. The molecule has 1 aromatic rings. The Kier molecular flexibility index (Phi) is 3.72. The molecule has 0 aromatic heterocycles. The molecule has 0 spiro atoms. The van der Waals surface area contributed by atoms with E-state index in [4.69, 9.17) is 10.1 Å². The molecule has 0 unspecified atom stereocenters. The zero-order valence-corrected chi connectivity index (χ0v) is 10.3. The molecular weight excluding hydrogens is 226 g/mol. The highest BCUT2D eigenvalue weighted by Crippen LogP contribution is 2.19. The molecule has 3 heteroatoms. The minimum atomic E-state index is -0.0602. The van der Waals surface area contributed by atoms with E-state index in [-0.39, 0.29) is 11.7 Å². The van der Waals surface area contributed by atoms with Gasteiger partial charge in [-0.3, -0.25) is 10.2 Å². The maximum atomic E-state index is 11.9. The fourth-order valence-electron chi connectivity index (χ4n) is 1.95. The molecule has 0 saturated carbocycles. The monoisotopic (exact) mass is 241 g/mol. The summed E-state index contributed by atoms with van der Waals surface area (Å²) >= 11 is 0. The number of hydrogen-bond acceptors (Lipinski definition) is 3. The molecule has 0 heterocycles. The lowest BCUT2D eigenvalue weighted by molar-refractivity contribution is -0.114. The minimum Gasteiger partial charge on any atom is -0.481 e. The van der Waals surface area contributed by atoms with Crippen LogP contribution in [-0.4, -0.2) is 18.8 Å². The van der Waals surface area contributed by atoms with Crippen LogP contribution in [-0.2, 0) is 16.0 Å². The molecule has 3 nitrogen and oxygen atoms in total. The number of Topliss-reactive ketones (excluding diaryl/α,β-unsaturated/α-hetero) is 1. The number of carbonyl (C=O) groups excluding carboxylic acids is 1. The van der Waals surface area contributed by atoms with Crippen LogP contribution in [0.25, 0.3) is 0 Å². The fraction of sp³-hybridized carbons (Fsp3) is 0.200. The van der Waals surface area contributed by atoms with Crippen LogP contribution in [0.5, 0.6) is 0 Å². The maximum Gasteiger partial charge on any atom is 0.216 e. The van der Waals surface area contributed by atoms with Gasteiger partial charge in [-0.2, -0.15) is 0 Å². The second kappa shape index (κ2) is 5.45. The Bertz CT molecular complexity index is 527. The molecule has 0 radical (unpaired) electrons. The quantitative estimate of drug-likeness (QED) is 0.653. The first-order valence-electron chi connectivity index (χ1n) is 5.80. The number of rotatable bonds is 3. The van der Waals surface area contributed by atoms with E-state index in [1.165, 1.54) is 12.7 Å². The highest BCUT2D eigenvalue weighted by molar-refractivity contribution is 6.19. The standard InChI is InChI=1S/C15H15NO2/c1-18-15(16)13-8-7-12(10-14(13)17)9-11-5-3-2-4-6-11/h2-8,16H,9-10H2,1H3. The smallest absolute Gasteiger partial charge is 0.216 e. The molecule has 0 aliphatic heterocycles. The molecule has 1 aliphatic carbocycles. The summed E-state index contributed by atoms with van der Waals surface area (Å²) < 4.78 is 4.78. The Balaban J connectivity index is 2.14. The molecule has 1 aromatic carbocycles. The van der Waals surface area contributed by atoms with Gasteiger partial charge in [0.2, 0.25) is 5.90 Å². The second-order valence-corrected chi connectivity index (χ2v) is 4.20. The zero-order chi connectivity index (χ0) is 13.0. The second-order valence-electron chi connectivity index (χ2n) is 4.20. The van der Waals surface area contributed by atoms with E-state index < -0.39 is 0 Å². The van der Waals surface area contributed by atoms with E-state index in [9.17, 15) is 4.79 Å². The first-order chi connectivity index (χ1) is 8.70. The number of methoxy groups -OCH3 is 1. The Morgan fingerprint density at radius 3 is 2.61 bits per heavy atom. The summed E-state index contributed by atoms with van der Waals surface area (Å²) in [6.45, 7) is 0. The van der Waals surface area contributed by atoms with Gasteiger partial charge in [0.25, 0.3) is 0 Å². The molecule has 92 valence electrons. The van der Waals surface area contributed by atoms with E-state index in [2.05, 4.69) is 0 Å². The molecule has 0 fully saturated rings. The van der Waals surface area contributed by atoms with Gasteiger partial charge in [-0.1, -0.05) is 42.0 Å². The van der Waals surface area contributed by atoms with E-state index in [0.29, 0.717) is 12.0 Å². The average molecular weight is 241 g/mol. The van der Waals surface area contributed by atoms with Gasteiger partial charge in [0.05, 0.1) is 12.7 Å². The highest BCUT2D eigenvalue weighted by atomic mass is 16.5. The van der Waals surface area contributed by atoms with E-state index in [0.717, 1.165) is 12.0 Å². The van der Waals surface area contributed by atoms with Gasteiger partial charge >= 0.3 is 0 Å². The number of carbonyl (C=O) groups is 1. The number of benzene rings is 1. The predicted molar refractivity (Wildman–Crippen MR) is 70.7 cm³/mol. The Morgan fingerprint density at radius 2 is 2.00 bits per heavy atom. The normalized spacial score (nSPS) is 14.8. The topological polar surface area (TPSA) is 50.1 Å². The fourth-order valence-corrected chi connectivity index (χ4v) is 1.95. The highest BCUT2D eigenvalue weighted by Gasteiger charge is 2.19. The Morgan fingerprint density at radius 1 is 1.28 bits per heavy atom. The van der Waals surface area contributed by atoms with Gasteiger partial charge in [-0.05, 0) is 18.1 Å². The third-order valence-electron chi connectivity index (χ3n) is 2.90. The molecule has 0 bridgehead atoms. The number of allylic oxidation sites excluding steroid dienone is 3. The van der Waals surface area contributed by atoms with Crippen LogP contribution in [0.4, 0.5) is 0 Å². The van der Waals surface area contributed by atoms with Crippen LogP contribution in [0.2, 0.25) is 0 Å². The van der Waals surface area contributed by atoms with Crippen molar-refractivity contribution in [3.05, 3.63) is 59.2 Å². The largest absolute Gasteiger partial charge is 0.481 e. The van der Waals surface area contributed by atoms with E-state index in [1.807, 2.05) is 36.4 Å². The van der Waals surface area contributed by atoms with Crippen LogP contribution in [0, 0.1) is 5.41 Å². The summed E-state index contributed by atoms with van der Waals surface area (Å²) in [5, 5.41) is 7.51. The molecule has 2 rings (SSSR count). The number of hydrogen-bond donors (Lipinski definition) is 1. The molecule has 1 aliphatic rings. The Hall–Kier alpha value is -2.16. The van der Waals surface area contributed by atoms with E-state index >= 15 is 0 Å². The van der Waals surface area contributed by atoms with Crippen molar-refractivity contribution in [2.45, 2.75) is 12.8 Å². The number of ether oxygens (including phenoxy) is 1. The van der Waals surface area contributed by atoms with Crippen molar-refractivity contribution in [3.8, 4) is 0 Å². The van der Waals surface area contributed by atoms with Crippen molar-refractivity contribution in [3.63, 3.8) is 0 Å². The van der Waals surface area contributed by atoms with Gasteiger partial charge in [0.1, 0.15) is 0 Å². The van der Waals surface area contributed by atoms with Crippen LogP contribution in [0.3, 0.4) is 0 Å². The lowest BCUT2D eigenvalue weighted by atomic mass is 9.92. The summed E-state index contributed by atoms with van der Waals surface area (Å²) in [7, 11) is 1.40. The summed E-state index contributed by atoms with van der Waals surface area (Å²) in [6, 6.07) is 10.0. The van der Waals surface area contributed by atoms with Crippen molar-refractivity contribution in [2.75, 3.05) is 7.11 Å². The van der Waals surface area contributed by atoms with Crippen LogP contribution in [0.1, 0.15) is 12.0 Å². The summed E-state index contributed by atoms with van der Waals surface area (Å²) in [5.74, 6) is -0.106. The van der Waals surface area contributed by atoms with Crippen molar-refractivity contribution in [1.29, 1.82) is 5.41 Å². The van der Waals surface area contributed by atoms with Crippen LogP contribution < -0.4 is 0 Å². The summed E-state index contributed by atoms with van der Waals surface area (Å²) in [6.07, 6.45) is 4.73. The molecule has 1 N–H and O–H groups in total. The van der Waals surface area contributed by atoms with Crippen molar-refractivity contribution < 1.29 is 9.53 Å². The lowest BCUT2D eigenvalue weighted by Crippen LogP contribution is -2.17. The number of ketones is 1. The van der Waals surface area contributed by atoms with Crippen LogP contribution >= 0.6 is 0 Å². The predicted octanol–water partition coefficient (Wildman–Crippen LogP) is 2.68. The summed E-state index contributed by atoms with van der Waals surface area (Å²) in [4.78, 5) is 11.9. The molecule has 0 amide bonds. The minimum absolute atomic E-state index is 0.0460. The third kappa shape index (κ3) is 2.74. The molecular formula is C15H15NO2. The van der Waals surface area contributed by atoms with Gasteiger partial charge < -0.3 is 4.74 Å². The molecule has 18 heavy (non-hydrogen) atoms. The Labute approximate surface area is 106 Å². The molecule has 0 atom stereocenters. The zero-order valence-electron chi connectivity index (χ0n) is 10.3. The van der Waals surface area contributed by atoms with Crippen LogP contribution in [0.15, 0.2) is 53.6 Å². The first kappa shape index (κ1) is 12.3. The van der Waals surface area contributed by atoms with Gasteiger partial charge in [0, 0.05) is 6.42 Å². The average Bonchev–Trinajstić information content (AvgIpc) is 2.39. The molecule has 0 saturated heterocycles. The van der Waals surface area contributed by atoms with Gasteiger partial charge in [-0.25, -0.2) is 0 Å².